The molecule has 0 spiro atoms. The third-order valence-electron chi connectivity index (χ3n) is 3.53. The van der Waals surface area contributed by atoms with Crippen LogP contribution in [0, 0.1) is 5.92 Å². The number of nitrogens with zero attached hydrogens (tertiary/aromatic N) is 1. The number of hydrogen-bond acceptors (Lipinski definition) is 4. The highest BCUT2D eigenvalue weighted by atomic mass is 16.7. The number of ether oxygens (including phenoxy) is 2. The lowest BCUT2D eigenvalue weighted by molar-refractivity contribution is 0.174. The SMILES string of the molecule is CC1CNCCCN(c2ccc3c(c2)OCO3)C1. The van der Waals surface area contributed by atoms with Crippen LogP contribution >= 0.6 is 0 Å². The average Bonchev–Trinajstić information content (AvgIpc) is 2.80. The molecule has 0 amide bonds. The van der Waals surface area contributed by atoms with Crippen LogP contribution in [-0.4, -0.2) is 33.0 Å². The Morgan fingerprint density at radius 1 is 1.28 bits per heavy atom. The highest BCUT2D eigenvalue weighted by molar-refractivity contribution is 5.57. The van der Waals surface area contributed by atoms with Gasteiger partial charge in [-0.25, -0.2) is 0 Å². The Balaban J connectivity index is 1.79. The molecule has 4 nitrogen and oxygen atoms in total. The Kier molecular flexibility index (Phi) is 3.28. The molecule has 98 valence electrons. The molecule has 1 N–H and O–H groups in total. The van der Waals surface area contributed by atoms with Gasteiger partial charge in [-0.05, 0) is 37.6 Å². The Morgan fingerprint density at radius 3 is 3.11 bits per heavy atom. The van der Waals surface area contributed by atoms with E-state index in [2.05, 4.69) is 29.3 Å². The lowest BCUT2D eigenvalue weighted by Gasteiger charge is -2.30. The van der Waals surface area contributed by atoms with Gasteiger partial charge in [0.1, 0.15) is 0 Å². The minimum absolute atomic E-state index is 0.346. The Labute approximate surface area is 108 Å². The van der Waals surface area contributed by atoms with Crippen molar-refractivity contribution in [2.24, 2.45) is 5.92 Å². The molecule has 2 aliphatic rings. The molecule has 0 radical (unpaired) electrons. The first kappa shape index (κ1) is 11.7. The summed E-state index contributed by atoms with van der Waals surface area (Å²) in [6, 6.07) is 6.25. The molecule has 4 heteroatoms. The van der Waals surface area contributed by atoms with Crippen LogP contribution in [0.2, 0.25) is 0 Å². The van der Waals surface area contributed by atoms with Crippen LogP contribution in [0.15, 0.2) is 18.2 Å². The predicted octanol–water partition coefficient (Wildman–Crippen LogP) is 1.85. The topological polar surface area (TPSA) is 33.7 Å². The van der Waals surface area contributed by atoms with Crippen LogP contribution in [0.4, 0.5) is 5.69 Å². The zero-order valence-corrected chi connectivity index (χ0v) is 10.8. The zero-order valence-electron chi connectivity index (χ0n) is 10.8. The predicted molar refractivity (Wildman–Crippen MR) is 71.4 cm³/mol. The van der Waals surface area contributed by atoms with Crippen molar-refractivity contribution in [3.05, 3.63) is 18.2 Å². The molecule has 1 unspecified atom stereocenters. The normalized spacial score (nSPS) is 23.6. The molecule has 1 aromatic rings. The second-order valence-electron chi connectivity index (χ2n) is 5.15. The van der Waals surface area contributed by atoms with Gasteiger partial charge < -0.3 is 19.7 Å². The van der Waals surface area contributed by atoms with Gasteiger partial charge >= 0.3 is 0 Å². The van der Waals surface area contributed by atoms with Crippen molar-refractivity contribution in [2.75, 3.05) is 37.9 Å². The summed E-state index contributed by atoms with van der Waals surface area (Å²) < 4.78 is 10.8. The molecule has 1 saturated heterocycles. The van der Waals surface area contributed by atoms with Crippen LogP contribution < -0.4 is 19.7 Å². The molecule has 2 aliphatic heterocycles. The molecule has 2 heterocycles. The Morgan fingerprint density at radius 2 is 2.17 bits per heavy atom. The number of benzene rings is 1. The summed E-state index contributed by atoms with van der Waals surface area (Å²) in [5, 5.41) is 3.48. The first-order valence-electron chi connectivity index (χ1n) is 6.68. The maximum atomic E-state index is 5.45. The molecule has 3 rings (SSSR count). The van der Waals surface area contributed by atoms with Gasteiger partial charge in [0.25, 0.3) is 0 Å². The van der Waals surface area contributed by atoms with Crippen molar-refractivity contribution in [1.82, 2.24) is 5.32 Å². The lowest BCUT2D eigenvalue weighted by atomic mass is 10.1. The van der Waals surface area contributed by atoms with E-state index in [-0.39, 0.29) is 0 Å². The summed E-state index contributed by atoms with van der Waals surface area (Å²) in [5.41, 5.74) is 1.24. The summed E-state index contributed by atoms with van der Waals surface area (Å²) in [6.45, 7) is 7.02. The fourth-order valence-corrected chi connectivity index (χ4v) is 2.59. The lowest BCUT2D eigenvalue weighted by Crippen LogP contribution is -2.38. The molecule has 0 bridgehead atoms. The molecule has 18 heavy (non-hydrogen) atoms. The fraction of sp³-hybridized carbons (Fsp3) is 0.571. The van der Waals surface area contributed by atoms with Crippen molar-refractivity contribution in [2.45, 2.75) is 13.3 Å². The third kappa shape index (κ3) is 2.38. The highest BCUT2D eigenvalue weighted by Gasteiger charge is 2.18. The molecule has 0 saturated carbocycles. The zero-order chi connectivity index (χ0) is 12.4. The maximum Gasteiger partial charge on any atom is 0.231 e. The van der Waals surface area contributed by atoms with Crippen molar-refractivity contribution in [3.8, 4) is 11.5 Å². The van der Waals surface area contributed by atoms with Crippen LogP contribution in [0.5, 0.6) is 11.5 Å². The maximum absolute atomic E-state index is 5.45. The van der Waals surface area contributed by atoms with Gasteiger partial charge in [-0.3, -0.25) is 0 Å². The number of hydrogen-bond donors (Lipinski definition) is 1. The van der Waals surface area contributed by atoms with Crippen LogP contribution in [0.1, 0.15) is 13.3 Å². The van der Waals surface area contributed by atoms with E-state index in [1.54, 1.807) is 0 Å². The van der Waals surface area contributed by atoms with E-state index >= 15 is 0 Å². The third-order valence-corrected chi connectivity index (χ3v) is 3.53. The van der Waals surface area contributed by atoms with E-state index < -0.39 is 0 Å². The fourth-order valence-electron chi connectivity index (χ4n) is 2.59. The van der Waals surface area contributed by atoms with E-state index in [0.29, 0.717) is 12.7 Å². The van der Waals surface area contributed by atoms with Gasteiger partial charge in [-0.1, -0.05) is 6.92 Å². The second-order valence-corrected chi connectivity index (χ2v) is 5.15. The van der Waals surface area contributed by atoms with Crippen LogP contribution in [-0.2, 0) is 0 Å². The largest absolute Gasteiger partial charge is 0.454 e. The second kappa shape index (κ2) is 5.06. The Bertz CT molecular complexity index is 422. The molecular formula is C14H20N2O2. The first-order valence-corrected chi connectivity index (χ1v) is 6.68. The summed E-state index contributed by atoms with van der Waals surface area (Å²) in [7, 11) is 0. The summed E-state index contributed by atoms with van der Waals surface area (Å²) in [6.07, 6.45) is 1.18. The van der Waals surface area contributed by atoms with E-state index in [4.69, 9.17) is 9.47 Å². The number of anilines is 1. The van der Waals surface area contributed by atoms with Gasteiger partial charge in [0.2, 0.25) is 6.79 Å². The van der Waals surface area contributed by atoms with Crippen molar-refractivity contribution < 1.29 is 9.47 Å². The molecule has 0 aromatic heterocycles. The first-order chi connectivity index (χ1) is 8.83. The van der Waals surface area contributed by atoms with Gasteiger partial charge in [-0.2, -0.15) is 0 Å². The molecular weight excluding hydrogens is 228 g/mol. The van der Waals surface area contributed by atoms with Crippen molar-refractivity contribution in [3.63, 3.8) is 0 Å². The molecule has 1 atom stereocenters. The van der Waals surface area contributed by atoms with E-state index in [9.17, 15) is 0 Å². The standard InChI is InChI=1S/C14H20N2O2/c1-11-8-15-5-2-6-16(9-11)12-3-4-13-14(7-12)18-10-17-13/h3-4,7,11,15H,2,5-6,8-10H2,1H3. The smallest absolute Gasteiger partial charge is 0.231 e. The highest BCUT2D eigenvalue weighted by Crippen LogP contribution is 2.35. The van der Waals surface area contributed by atoms with Crippen LogP contribution in [0.25, 0.3) is 0 Å². The van der Waals surface area contributed by atoms with E-state index in [1.165, 1.54) is 12.1 Å². The van der Waals surface area contributed by atoms with E-state index in [1.807, 2.05) is 6.07 Å². The molecule has 1 fully saturated rings. The Hall–Kier alpha value is -1.42. The van der Waals surface area contributed by atoms with Gasteiger partial charge in [0, 0.05) is 24.8 Å². The average molecular weight is 248 g/mol. The number of fused-ring (bicyclic) bond motifs is 1. The van der Waals surface area contributed by atoms with Gasteiger partial charge in [0.05, 0.1) is 0 Å². The summed E-state index contributed by atoms with van der Waals surface area (Å²) >= 11 is 0. The number of rotatable bonds is 1. The van der Waals surface area contributed by atoms with Crippen LogP contribution in [0.3, 0.4) is 0 Å². The molecule has 0 aliphatic carbocycles. The van der Waals surface area contributed by atoms with Gasteiger partial charge in [0.15, 0.2) is 11.5 Å². The van der Waals surface area contributed by atoms with Crippen molar-refractivity contribution >= 4 is 5.69 Å². The summed E-state index contributed by atoms with van der Waals surface area (Å²) in [5.74, 6) is 2.40. The minimum Gasteiger partial charge on any atom is -0.454 e. The monoisotopic (exact) mass is 248 g/mol. The number of nitrogens with one attached hydrogen (secondary N) is 1. The molecule has 1 aromatic carbocycles. The quantitative estimate of drug-likeness (QED) is 0.822. The minimum atomic E-state index is 0.346. The van der Waals surface area contributed by atoms with Gasteiger partial charge in [-0.15, -0.1) is 0 Å². The van der Waals surface area contributed by atoms with E-state index in [0.717, 1.165) is 37.7 Å². The summed E-state index contributed by atoms with van der Waals surface area (Å²) in [4.78, 5) is 2.45. The van der Waals surface area contributed by atoms with Crippen molar-refractivity contribution in [1.29, 1.82) is 0 Å².